The summed E-state index contributed by atoms with van der Waals surface area (Å²) in [6.45, 7) is 13.7. The highest BCUT2D eigenvalue weighted by molar-refractivity contribution is 5.68. The van der Waals surface area contributed by atoms with Gasteiger partial charge >= 0.3 is 6.09 Å². The summed E-state index contributed by atoms with van der Waals surface area (Å²) in [5, 5.41) is 3.18. The van der Waals surface area contributed by atoms with Crippen LogP contribution in [-0.2, 0) is 4.74 Å². The third kappa shape index (κ3) is 4.38. The van der Waals surface area contributed by atoms with Crippen LogP contribution in [0.5, 0.6) is 0 Å². The zero-order valence-corrected chi connectivity index (χ0v) is 14.5. The second-order valence-corrected chi connectivity index (χ2v) is 7.45. The minimum Gasteiger partial charge on any atom is -0.444 e. The number of rotatable bonds is 3. The monoisotopic (exact) mass is 309 g/mol. The number of piperidine rings is 1. The molecule has 0 saturated carbocycles. The number of amides is 1. The number of hydrogen-bond donors (Lipinski definition) is 1. The van der Waals surface area contributed by atoms with E-state index in [1.165, 1.54) is 6.42 Å². The molecule has 126 valence electrons. The highest BCUT2D eigenvalue weighted by Crippen LogP contribution is 2.27. The largest absolute Gasteiger partial charge is 0.444 e. The summed E-state index contributed by atoms with van der Waals surface area (Å²) in [5.74, 6) is 0.564. The molecule has 0 aromatic carbocycles. The van der Waals surface area contributed by atoms with Gasteiger partial charge in [-0.05, 0) is 46.6 Å². The average Bonchev–Trinajstić information content (AvgIpc) is 2.94. The topological polar surface area (TPSA) is 44.8 Å². The Morgan fingerprint density at radius 2 is 1.82 bits per heavy atom. The molecule has 0 bridgehead atoms. The number of hydrogen-bond acceptors (Lipinski definition) is 4. The number of carbonyl (C=O) groups is 1. The van der Waals surface area contributed by atoms with Crippen LogP contribution in [0.2, 0.25) is 0 Å². The van der Waals surface area contributed by atoms with Crippen LogP contribution >= 0.6 is 0 Å². The predicted octanol–water partition coefficient (Wildman–Crippen LogP) is 2.44. The highest BCUT2D eigenvalue weighted by atomic mass is 16.6. The number of nitrogens with zero attached hydrogens (tertiary/aromatic N) is 2. The minimum atomic E-state index is -0.413. The Bertz CT molecular complexity index is 409. The van der Waals surface area contributed by atoms with Gasteiger partial charge in [0.2, 0.25) is 0 Å². The van der Waals surface area contributed by atoms with Crippen molar-refractivity contribution in [3.63, 3.8) is 0 Å². The van der Waals surface area contributed by atoms with Gasteiger partial charge in [-0.2, -0.15) is 0 Å². The number of likely N-dealkylation sites (tertiary alicyclic amines) is 2. The lowest BCUT2D eigenvalue weighted by atomic mass is 10.0. The van der Waals surface area contributed by atoms with Gasteiger partial charge in [0.1, 0.15) is 5.60 Å². The van der Waals surface area contributed by atoms with Crippen LogP contribution in [0, 0.1) is 5.92 Å². The molecule has 0 spiro atoms. The summed E-state index contributed by atoms with van der Waals surface area (Å²) in [6.07, 6.45) is 3.09. The Balaban J connectivity index is 1.78. The molecule has 0 aromatic heterocycles. The molecule has 5 heteroatoms. The molecule has 1 atom stereocenters. The normalized spacial score (nSPS) is 24.4. The SMILES string of the molecule is C=C(NC)[C@H]1CCN(C2CCN(C(=O)OC(C)(C)C)CC2)C1. The van der Waals surface area contributed by atoms with Crippen molar-refractivity contribution in [2.45, 2.75) is 51.7 Å². The summed E-state index contributed by atoms with van der Waals surface area (Å²) in [4.78, 5) is 16.5. The number of carbonyl (C=O) groups excluding carboxylic acids is 1. The second kappa shape index (κ2) is 6.90. The van der Waals surface area contributed by atoms with Gasteiger partial charge in [0.05, 0.1) is 0 Å². The van der Waals surface area contributed by atoms with Gasteiger partial charge < -0.3 is 15.0 Å². The van der Waals surface area contributed by atoms with E-state index in [0.29, 0.717) is 12.0 Å². The highest BCUT2D eigenvalue weighted by Gasteiger charge is 2.33. The van der Waals surface area contributed by atoms with Crippen LogP contribution < -0.4 is 5.32 Å². The molecule has 2 aliphatic rings. The average molecular weight is 309 g/mol. The summed E-state index contributed by atoms with van der Waals surface area (Å²) >= 11 is 0. The first-order chi connectivity index (χ1) is 10.3. The Morgan fingerprint density at radius 3 is 2.36 bits per heavy atom. The molecule has 0 aliphatic carbocycles. The van der Waals surface area contributed by atoms with Crippen LogP contribution in [0.4, 0.5) is 4.79 Å². The minimum absolute atomic E-state index is 0.172. The van der Waals surface area contributed by atoms with E-state index in [1.54, 1.807) is 0 Å². The smallest absolute Gasteiger partial charge is 0.410 e. The van der Waals surface area contributed by atoms with Crippen LogP contribution in [0.1, 0.15) is 40.0 Å². The summed E-state index contributed by atoms with van der Waals surface area (Å²) in [6, 6.07) is 0.591. The fourth-order valence-corrected chi connectivity index (χ4v) is 3.35. The number of ether oxygens (including phenoxy) is 1. The van der Waals surface area contributed by atoms with Crippen LogP contribution in [0.15, 0.2) is 12.3 Å². The second-order valence-electron chi connectivity index (χ2n) is 7.45. The van der Waals surface area contributed by atoms with Crippen molar-refractivity contribution in [3.8, 4) is 0 Å². The molecule has 2 fully saturated rings. The van der Waals surface area contributed by atoms with Gasteiger partial charge in [0.15, 0.2) is 0 Å². The molecule has 0 aromatic rings. The van der Waals surface area contributed by atoms with E-state index in [4.69, 9.17) is 4.74 Å². The molecule has 2 aliphatic heterocycles. The molecule has 2 rings (SSSR count). The van der Waals surface area contributed by atoms with Gasteiger partial charge in [0, 0.05) is 44.3 Å². The summed E-state index contributed by atoms with van der Waals surface area (Å²) < 4.78 is 5.45. The maximum Gasteiger partial charge on any atom is 0.410 e. The van der Waals surface area contributed by atoms with E-state index in [1.807, 2.05) is 32.7 Å². The Morgan fingerprint density at radius 1 is 1.18 bits per heavy atom. The van der Waals surface area contributed by atoms with Gasteiger partial charge in [-0.1, -0.05) is 6.58 Å². The molecule has 22 heavy (non-hydrogen) atoms. The molecule has 2 heterocycles. The number of nitrogens with one attached hydrogen (secondary N) is 1. The van der Waals surface area contributed by atoms with E-state index in [2.05, 4.69) is 16.8 Å². The zero-order valence-electron chi connectivity index (χ0n) is 14.5. The maximum atomic E-state index is 12.1. The molecule has 0 radical (unpaired) electrons. The first kappa shape index (κ1) is 17.1. The Labute approximate surface area is 134 Å². The lowest BCUT2D eigenvalue weighted by Gasteiger charge is -2.37. The first-order valence-electron chi connectivity index (χ1n) is 8.38. The molecular weight excluding hydrogens is 278 g/mol. The lowest BCUT2D eigenvalue weighted by Crippen LogP contribution is -2.47. The van der Waals surface area contributed by atoms with Gasteiger partial charge in [-0.25, -0.2) is 4.79 Å². The lowest BCUT2D eigenvalue weighted by molar-refractivity contribution is 0.0154. The molecule has 0 unspecified atom stereocenters. The van der Waals surface area contributed by atoms with E-state index < -0.39 is 5.60 Å². The molecule has 2 saturated heterocycles. The van der Waals surface area contributed by atoms with Crippen molar-refractivity contribution < 1.29 is 9.53 Å². The zero-order chi connectivity index (χ0) is 16.3. The van der Waals surface area contributed by atoms with Crippen molar-refractivity contribution in [2.75, 3.05) is 33.2 Å². The molecule has 1 amide bonds. The molecule has 5 nitrogen and oxygen atoms in total. The van der Waals surface area contributed by atoms with Crippen LogP contribution in [0.3, 0.4) is 0 Å². The van der Waals surface area contributed by atoms with Crippen molar-refractivity contribution in [3.05, 3.63) is 12.3 Å². The van der Waals surface area contributed by atoms with Crippen molar-refractivity contribution in [1.29, 1.82) is 0 Å². The third-order valence-corrected chi connectivity index (χ3v) is 4.67. The van der Waals surface area contributed by atoms with Crippen molar-refractivity contribution >= 4 is 6.09 Å². The van der Waals surface area contributed by atoms with Crippen molar-refractivity contribution in [1.82, 2.24) is 15.1 Å². The van der Waals surface area contributed by atoms with E-state index in [9.17, 15) is 4.79 Å². The third-order valence-electron chi connectivity index (χ3n) is 4.67. The fraction of sp³-hybridized carbons (Fsp3) is 0.824. The molecule has 1 N–H and O–H groups in total. The van der Waals surface area contributed by atoms with Gasteiger partial charge in [0.25, 0.3) is 0 Å². The summed E-state index contributed by atoms with van der Waals surface area (Å²) in [5.41, 5.74) is 0.734. The summed E-state index contributed by atoms with van der Waals surface area (Å²) in [7, 11) is 1.95. The molecular formula is C17H31N3O2. The van der Waals surface area contributed by atoms with Crippen molar-refractivity contribution in [2.24, 2.45) is 5.92 Å². The fourth-order valence-electron chi connectivity index (χ4n) is 3.35. The Hall–Kier alpha value is -1.23. The van der Waals surface area contributed by atoms with Crippen LogP contribution in [-0.4, -0.2) is 60.8 Å². The van der Waals surface area contributed by atoms with Gasteiger partial charge in [-0.15, -0.1) is 0 Å². The first-order valence-corrected chi connectivity index (χ1v) is 8.38. The van der Waals surface area contributed by atoms with E-state index in [-0.39, 0.29) is 6.09 Å². The van der Waals surface area contributed by atoms with Crippen LogP contribution in [0.25, 0.3) is 0 Å². The Kier molecular flexibility index (Phi) is 5.37. The van der Waals surface area contributed by atoms with E-state index >= 15 is 0 Å². The van der Waals surface area contributed by atoms with Gasteiger partial charge in [-0.3, -0.25) is 4.90 Å². The predicted molar refractivity (Wildman–Crippen MR) is 88.7 cm³/mol. The standard InChI is InChI=1S/C17H31N3O2/c1-13(18-5)14-6-9-20(12-14)15-7-10-19(11-8-15)16(21)22-17(2,3)4/h14-15,18H,1,6-12H2,2-5H3/t14-/m0/s1. The van der Waals surface area contributed by atoms with E-state index in [0.717, 1.165) is 44.7 Å². The quantitative estimate of drug-likeness (QED) is 0.870. The maximum absolute atomic E-state index is 12.1.